The first-order valence-electron chi connectivity index (χ1n) is 7.04. The largest absolute Gasteiger partial charge is 0.375 e. The summed E-state index contributed by atoms with van der Waals surface area (Å²) < 4.78 is 5.45. The highest BCUT2D eigenvalue weighted by Gasteiger charge is 2.17. The van der Waals surface area contributed by atoms with Gasteiger partial charge in [0.25, 0.3) is 0 Å². The second-order valence-electron chi connectivity index (χ2n) is 4.57. The van der Waals surface area contributed by atoms with E-state index in [4.69, 9.17) is 4.74 Å². The van der Waals surface area contributed by atoms with Crippen molar-refractivity contribution in [1.29, 1.82) is 0 Å². The Morgan fingerprint density at radius 1 is 1.37 bits per heavy atom. The van der Waals surface area contributed by atoms with Gasteiger partial charge >= 0.3 is 0 Å². The van der Waals surface area contributed by atoms with Crippen LogP contribution in [-0.4, -0.2) is 62.1 Å². The molecule has 0 saturated carbocycles. The molecule has 0 aromatic carbocycles. The fourth-order valence-corrected chi connectivity index (χ4v) is 2.07. The van der Waals surface area contributed by atoms with Crippen molar-refractivity contribution in [3.8, 4) is 0 Å². The summed E-state index contributed by atoms with van der Waals surface area (Å²) in [5, 5.41) is 5.95. The van der Waals surface area contributed by atoms with Crippen LogP contribution in [0.2, 0.25) is 0 Å². The normalized spacial score (nSPS) is 18.9. The quantitative estimate of drug-likeness (QED) is 0.669. The van der Waals surface area contributed by atoms with Gasteiger partial charge in [0.15, 0.2) is 0 Å². The van der Waals surface area contributed by atoms with E-state index >= 15 is 0 Å². The van der Waals surface area contributed by atoms with E-state index in [1.54, 1.807) is 4.90 Å². The fourth-order valence-electron chi connectivity index (χ4n) is 2.07. The van der Waals surface area contributed by atoms with Gasteiger partial charge in [0.1, 0.15) is 0 Å². The SMILES string of the molecule is CCN(CC)C(=O)CCNC(=O)CC1CNCCO1. The molecule has 0 radical (unpaired) electrons. The Kier molecular flexibility index (Phi) is 7.43. The minimum atomic E-state index is -0.0546. The Hall–Kier alpha value is -1.14. The van der Waals surface area contributed by atoms with Crippen molar-refractivity contribution in [2.24, 2.45) is 0 Å². The first kappa shape index (κ1) is 15.9. The van der Waals surface area contributed by atoms with E-state index in [0.29, 0.717) is 45.6 Å². The lowest BCUT2D eigenvalue weighted by molar-refractivity contribution is -0.130. The van der Waals surface area contributed by atoms with Gasteiger partial charge in [0.05, 0.1) is 19.1 Å². The number of hydrogen-bond acceptors (Lipinski definition) is 4. The third kappa shape index (κ3) is 6.02. The van der Waals surface area contributed by atoms with E-state index < -0.39 is 0 Å². The number of morpholine rings is 1. The number of nitrogens with zero attached hydrogens (tertiary/aromatic N) is 1. The zero-order valence-corrected chi connectivity index (χ0v) is 11.9. The number of amides is 2. The lowest BCUT2D eigenvalue weighted by atomic mass is 10.2. The van der Waals surface area contributed by atoms with Crippen LogP contribution in [0.25, 0.3) is 0 Å². The number of nitrogens with one attached hydrogen (secondary N) is 2. The van der Waals surface area contributed by atoms with Crippen LogP contribution in [0.1, 0.15) is 26.7 Å². The van der Waals surface area contributed by atoms with E-state index in [9.17, 15) is 9.59 Å². The van der Waals surface area contributed by atoms with Crippen LogP contribution in [0.3, 0.4) is 0 Å². The monoisotopic (exact) mass is 271 g/mol. The van der Waals surface area contributed by atoms with Gasteiger partial charge in [-0.3, -0.25) is 9.59 Å². The third-order valence-electron chi connectivity index (χ3n) is 3.19. The van der Waals surface area contributed by atoms with Crippen molar-refractivity contribution < 1.29 is 14.3 Å². The third-order valence-corrected chi connectivity index (χ3v) is 3.19. The maximum atomic E-state index is 11.7. The zero-order chi connectivity index (χ0) is 14.1. The molecule has 1 unspecified atom stereocenters. The average Bonchev–Trinajstić information content (AvgIpc) is 2.41. The second-order valence-corrected chi connectivity index (χ2v) is 4.57. The predicted molar refractivity (Wildman–Crippen MR) is 72.8 cm³/mol. The molecule has 1 heterocycles. The smallest absolute Gasteiger partial charge is 0.224 e. The molecule has 0 spiro atoms. The van der Waals surface area contributed by atoms with E-state index in [-0.39, 0.29) is 17.9 Å². The zero-order valence-electron chi connectivity index (χ0n) is 11.9. The van der Waals surface area contributed by atoms with Gasteiger partial charge in [-0.2, -0.15) is 0 Å². The molecule has 1 fully saturated rings. The van der Waals surface area contributed by atoms with Gasteiger partial charge in [-0.05, 0) is 13.8 Å². The second kappa shape index (κ2) is 8.87. The standard InChI is InChI=1S/C13H25N3O3/c1-3-16(4-2)13(18)5-6-15-12(17)9-11-10-14-7-8-19-11/h11,14H,3-10H2,1-2H3,(H,15,17). The van der Waals surface area contributed by atoms with Gasteiger partial charge in [-0.1, -0.05) is 0 Å². The molecular formula is C13H25N3O3. The molecule has 1 aliphatic heterocycles. The maximum absolute atomic E-state index is 11.7. The lowest BCUT2D eigenvalue weighted by Crippen LogP contribution is -2.42. The van der Waals surface area contributed by atoms with Crippen LogP contribution in [0.4, 0.5) is 0 Å². The summed E-state index contributed by atoms with van der Waals surface area (Å²) >= 11 is 0. The summed E-state index contributed by atoms with van der Waals surface area (Å²) in [7, 11) is 0. The minimum Gasteiger partial charge on any atom is -0.375 e. The van der Waals surface area contributed by atoms with Crippen molar-refractivity contribution in [3.63, 3.8) is 0 Å². The molecule has 19 heavy (non-hydrogen) atoms. The van der Waals surface area contributed by atoms with Crippen LogP contribution in [0, 0.1) is 0 Å². The van der Waals surface area contributed by atoms with Gasteiger partial charge in [-0.25, -0.2) is 0 Å². The summed E-state index contributed by atoms with van der Waals surface area (Å²) in [6, 6.07) is 0. The number of rotatable bonds is 7. The van der Waals surface area contributed by atoms with Crippen molar-refractivity contribution in [2.75, 3.05) is 39.3 Å². The highest BCUT2D eigenvalue weighted by Crippen LogP contribution is 2.01. The molecule has 1 saturated heterocycles. The van der Waals surface area contributed by atoms with Crippen molar-refractivity contribution in [2.45, 2.75) is 32.8 Å². The molecule has 6 heteroatoms. The molecule has 0 aromatic rings. The molecule has 110 valence electrons. The van der Waals surface area contributed by atoms with Gasteiger partial charge in [-0.15, -0.1) is 0 Å². The van der Waals surface area contributed by atoms with Crippen molar-refractivity contribution in [1.82, 2.24) is 15.5 Å². The molecule has 2 amide bonds. The maximum Gasteiger partial charge on any atom is 0.224 e. The number of carbonyl (C=O) groups excluding carboxylic acids is 2. The predicted octanol–water partition coefficient (Wildman–Crippen LogP) is -0.260. The Morgan fingerprint density at radius 3 is 2.68 bits per heavy atom. The first-order chi connectivity index (χ1) is 9.17. The summed E-state index contributed by atoms with van der Waals surface area (Å²) in [6.07, 6.45) is 0.663. The number of hydrogen-bond donors (Lipinski definition) is 2. The van der Waals surface area contributed by atoms with Crippen LogP contribution in [0.15, 0.2) is 0 Å². The number of ether oxygens (including phenoxy) is 1. The summed E-state index contributed by atoms with van der Waals surface area (Å²) in [5.41, 5.74) is 0. The Morgan fingerprint density at radius 2 is 2.11 bits per heavy atom. The van der Waals surface area contributed by atoms with E-state index in [0.717, 1.165) is 6.54 Å². The average molecular weight is 271 g/mol. The molecule has 1 rings (SSSR count). The Labute approximate surface area is 114 Å². The molecule has 1 aliphatic rings. The molecular weight excluding hydrogens is 246 g/mol. The summed E-state index contributed by atoms with van der Waals surface area (Å²) in [6.45, 7) is 7.94. The Bertz CT molecular complexity index is 287. The van der Waals surface area contributed by atoms with Crippen LogP contribution < -0.4 is 10.6 Å². The van der Waals surface area contributed by atoms with E-state index in [1.165, 1.54) is 0 Å². The van der Waals surface area contributed by atoms with Gasteiger partial charge in [0.2, 0.25) is 11.8 Å². The van der Waals surface area contributed by atoms with Gasteiger partial charge in [0, 0.05) is 39.1 Å². The highest BCUT2D eigenvalue weighted by molar-refractivity contribution is 5.79. The van der Waals surface area contributed by atoms with Crippen LogP contribution >= 0.6 is 0 Å². The molecule has 2 N–H and O–H groups in total. The number of carbonyl (C=O) groups is 2. The summed E-state index contributed by atoms with van der Waals surface area (Å²) in [4.78, 5) is 25.1. The molecule has 6 nitrogen and oxygen atoms in total. The van der Waals surface area contributed by atoms with Gasteiger partial charge < -0.3 is 20.3 Å². The molecule has 0 aliphatic carbocycles. The molecule has 1 atom stereocenters. The molecule has 0 aromatic heterocycles. The van der Waals surface area contributed by atoms with Crippen molar-refractivity contribution >= 4 is 11.8 Å². The minimum absolute atomic E-state index is 0.0489. The first-order valence-corrected chi connectivity index (χ1v) is 7.04. The lowest BCUT2D eigenvalue weighted by Gasteiger charge is -2.23. The van der Waals surface area contributed by atoms with E-state index in [1.807, 2.05) is 13.8 Å². The van der Waals surface area contributed by atoms with Crippen LogP contribution in [-0.2, 0) is 14.3 Å². The molecule has 0 bridgehead atoms. The van der Waals surface area contributed by atoms with Crippen molar-refractivity contribution in [3.05, 3.63) is 0 Å². The fraction of sp³-hybridized carbons (Fsp3) is 0.846. The highest BCUT2D eigenvalue weighted by atomic mass is 16.5. The topological polar surface area (TPSA) is 70.7 Å². The Balaban J connectivity index is 2.14. The van der Waals surface area contributed by atoms with E-state index in [2.05, 4.69) is 10.6 Å². The van der Waals surface area contributed by atoms with Crippen LogP contribution in [0.5, 0.6) is 0 Å². The summed E-state index contributed by atoms with van der Waals surface area (Å²) in [5.74, 6) is 0.0296.